The quantitative estimate of drug-likeness (QED) is 0.150. The highest BCUT2D eigenvalue weighted by Crippen LogP contribution is 2.27. The number of carbonyl (C=O) groups excluding carboxylic acids is 2. The number of thioether (sulfide) groups is 1. The number of carbonyl (C=O) groups is 3. The van der Waals surface area contributed by atoms with Gasteiger partial charge in [-0.3, -0.25) is 9.59 Å². The van der Waals surface area contributed by atoms with E-state index in [1.54, 1.807) is 12.1 Å². The minimum atomic E-state index is -0.951. The van der Waals surface area contributed by atoms with Crippen molar-refractivity contribution in [2.45, 2.75) is 79.3 Å². The van der Waals surface area contributed by atoms with Gasteiger partial charge in [0, 0.05) is 36.7 Å². The number of aromatic nitrogens is 2. The Kier molecular flexibility index (Phi) is 11.4. The van der Waals surface area contributed by atoms with E-state index in [9.17, 15) is 19.5 Å². The molecule has 2 N–H and O–H groups in total. The fourth-order valence-corrected chi connectivity index (χ4v) is 6.49. The Morgan fingerprint density at radius 2 is 1.73 bits per heavy atom. The van der Waals surface area contributed by atoms with Gasteiger partial charge in [0.05, 0.1) is 16.6 Å². The smallest absolute Gasteiger partial charge is 0.336 e. The number of benzene rings is 3. The molecule has 1 unspecified atom stereocenters. The first-order chi connectivity index (χ1) is 21.1. The third-order valence-electron chi connectivity index (χ3n) is 7.61. The Balaban J connectivity index is 1.63. The van der Waals surface area contributed by atoms with Crippen LogP contribution < -0.4 is 5.32 Å². The zero-order chi connectivity index (χ0) is 31.8. The van der Waals surface area contributed by atoms with Gasteiger partial charge in [-0.1, -0.05) is 81.9 Å². The molecule has 0 fully saturated rings. The minimum absolute atomic E-state index is 0.102. The molecular formula is C36H43N3O4S. The normalized spacial score (nSPS) is 12.0. The Morgan fingerprint density at radius 1 is 1.00 bits per heavy atom. The maximum Gasteiger partial charge on any atom is 0.336 e. The van der Waals surface area contributed by atoms with Gasteiger partial charge in [-0.15, -0.1) is 0 Å². The van der Waals surface area contributed by atoms with Crippen molar-refractivity contribution in [1.82, 2.24) is 14.9 Å². The highest BCUT2D eigenvalue weighted by molar-refractivity contribution is 8.13. The van der Waals surface area contributed by atoms with E-state index in [0.717, 1.165) is 59.2 Å². The summed E-state index contributed by atoms with van der Waals surface area (Å²) in [4.78, 5) is 42.5. The molecule has 1 aromatic heterocycles. The lowest BCUT2D eigenvalue weighted by molar-refractivity contribution is -0.111. The Morgan fingerprint density at radius 3 is 2.39 bits per heavy atom. The molecule has 1 amide bonds. The third kappa shape index (κ3) is 8.17. The molecule has 232 valence electrons. The summed E-state index contributed by atoms with van der Waals surface area (Å²) in [5.41, 5.74) is 6.17. The monoisotopic (exact) mass is 613 g/mol. The standard InChI is InChI=1S/C36H43N3O4S/c1-6-10-32-38-34-24(5)19-27(35(41)37-28(18-23(3)4)22-44-33(40)11-7-2)20-31(34)39(32)21-25-14-16-26(17-15-25)29-12-8-9-13-30(29)36(42)43/h8-9,12-17,19-20,23,28H,6-7,10-11,18,21-22H2,1-5H3,(H,37,41)(H,42,43). The Bertz CT molecular complexity index is 1620. The molecule has 0 aliphatic heterocycles. The second-order valence-corrected chi connectivity index (χ2v) is 12.9. The van der Waals surface area contributed by atoms with Crippen LogP contribution >= 0.6 is 11.8 Å². The number of rotatable bonds is 14. The van der Waals surface area contributed by atoms with Crippen molar-refractivity contribution in [1.29, 1.82) is 0 Å². The number of nitrogens with one attached hydrogen (secondary N) is 1. The molecule has 0 bridgehead atoms. The maximum absolute atomic E-state index is 13.6. The number of hydrogen-bond acceptors (Lipinski definition) is 5. The van der Waals surface area contributed by atoms with E-state index in [1.807, 2.05) is 62.4 Å². The summed E-state index contributed by atoms with van der Waals surface area (Å²) in [7, 11) is 0. The number of carboxylic acids is 1. The largest absolute Gasteiger partial charge is 0.478 e. The number of fused-ring (bicyclic) bond motifs is 1. The van der Waals surface area contributed by atoms with Crippen LogP contribution in [0.5, 0.6) is 0 Å². The highest BCUT2D eigenvalue weighted by Gasteiger charge is 2.20. The first-order valence-electron chi connectivity index (χ1n) is 15.5. The number of amides is 1. The molecule has 4 aromatic rings. The van der Waals surface area contributed by atoms with Crippen molar-refractivity contribution < 1.29 is 19.5 Å². The van der Waals surface area contributed by atoms with Crippen LogP contribution in [0.3, 0.4) is 0 Å². The molecule has 44 heavy (non-hydrogen) atoms. The van der Waals surface area contributed by atoms with Gasteiger partial charge in [0.2, 0.25) is 0 Å². The van der Waals surface area contributed by atoms with Crippen LogP contribution in [0, 0.1) is 12.8 Å². The fourth-order valence-electron chi connectivity index (χ4n) is 5.53. The van der Waals surface area contributed by atoms with Crippen LogP contribution in [0.4, 0.5) is 0 Å². The second kappa shape index (κ2) is 15.2. The molecule has 0 saturated heterocycles. The maximum atomic E-state index is 13.6. The predicted molar refractivity (Wildman–Crippen MR) is 179 cm³/mol. The van der Waals surface area contributed by atoms with Crippen molar-refractivity contribution in [3.63, 3.8) is 0 Å². The van der Waals surface area contributed by atoms with Crippen molar-refractivity contribution in [3.8, 4) is 11.1 Å². The fraction of sp³-hybridized carbons (Fsp3) is 0.389. The molecule has 0 spiro atoms. The first kappa shape index (κ1) is 33.0. The number of hydrogen-bond donors (Lipinski definition) is 2. The molecule has 4 rings (SSSR count). The molecule has 7 nitrogen and oxygen atoms in total. The summed E-state index contributed by atoms with van der Waals surface area (Å²) in [6.07, 6.45) is 3.91. The van der Waals surface area contributed by atoms with E-state index in [2.05, 4.69) is 30.7 Å². The molecule has 3 aromatic carbocycles. The second-order valence-electron chi connectivity index (χ2n) is 11.8. The summed E-state index contributed by atoms with van der Waals surface area (Å²) in [6, 6.07) is 18.7. The Labute approximate surface area is 264 Å². The van der Waals surface area contributed by atoms with Crippen LogP contribution in [0.1, 0.15) is 91.0 Å². The summed E-state index contributed by atoms with van der Waals surface area (Å²) in [6.45, 7) is 10.9. The zero-order valence-corrected chi connectivity index (χ0v) is 27.2. The number of aryl methyl sites for hydroxylation is 2. The van der Waals surface area contributed by atoms with E-state index in [4.69, 9.17) is 4.98 Å². The van der Waals surface area contributed by atoms with Crippen molar-refractivity contribution in [3.05, 3.63) is 88.7 Å². The van der Waals surface area contributed by atoms with E-state index >= 15 is 0 Å². The van der Waals surface area contributed by atoms with E-state index < -0.39 is 5.97 Å². The van der Waals surface area contributed by atoms with Gasteiger partial charge in [-0.2, -0.15) is 0 Å². The summed E-state index contributed by atoms with van der Waals surface area (Å²) in [5.74, 6) is 0.819. The lowest BCUT2D eigenvalue weighted by atomic mass is 9.98. The van der Waals surface area contributed by atoms with Crippen LogP contribution in [0.2, 0.25) is 0 Å². The minimum Gasteiger partial charge on any atom is -0.478 e. The summed E-state index contributed by atoms with van der Waals surface area (Å²) >= 11 is 1.31. The number of nitrogens with zero attached hydrogens (tertiary/aromatic N) is 2. The van der Waals surface area contributed by atoms with Gasteiger partial charge in [0.25, 0.3) is 5.91 Å². The highest BCUT2D eigenvalue weighted by atomic mass is 32.2. The summed E-state index contributed by atoms with van der Waals surface area (Å²) < 4.78 is 2.19. The van der Waals surface area contributed by atoms with Crippen molar-refractivity contribution in [2.75, 3.05) is 5.75 Å². The molecule has 0 aliphatic carbocycles. The van der Waals surface area contributed by atoms with E-state index in [-0.39, 0.29) is 22.6 Å². The topological polar surface area (TPSA) is 101 Å². The lowest BCUT2D eigenvalue weighted by Gasteiger charge is -2.20. The average molecular weight is 614 g/mol. The van der Waals surface area contributed by atoms with Gasteiger partial charge < -0.3 is 15.0 Å². The molecule has 8 heteroatoms. The SMILES string of the molecule is CCCC(=O)SCC(CC(C)C)NC(=O)c1cc(C)c2nc(CCC)n(Cc3ccc(-c4ccccc4C(=O)O)cc3)c2c1. The predicted octanol–water partition coefficient (Wildman–Crippen LogP) is 7.92. The van der Waals surface area contributed by atoms with Gasteiger partial charge in [-0.05, 0) is 72.6 Å². The van der Waals surface area contributed by atoms with Crippen LogP contribution in [0.15, 0.2) is 60.7 Å². The molecule has 1 atom stereocenters. The Hall–Kier alpha value is -3.91. The van der Waals surface area contributed by atoms with Crippen molar-refractivity contribution in [2.24, 2.45) is 5.92 Å². The van der Waals surface area contributed by atoms with E-state index in [0.29, 0.717) is 35.8 Å². The van der Waals surface area contributed by atoms with Crippen molar-refractivity contribution >= 4 is 39.8 Å². The van der Waals surface area contributed by atoms with Crippen LogP contribution in [-0.2, 0) is 17.8 Å². The molecule has 0 saturated carbocycles. The zero-order valence-electron chi connectivity index (χ0n) is 26.4. The molecule has 0 radical (unpaired) electrons. The lowest BCUT2D eigenvalue weighted by Crippen LogP contribution is -2.38. The molecule has 1 heterocycles. The van der Waals surface area contributed by atoms with Gasteiger partial charge in [0.15, 0.2) is 5.12 Å². The third-order valence-corrected chi connectivity index (χ3v) is 8.71. The number of imidazole rings is 1. The summed E-state index contributed by atoms with van der Waals surface area (Å²) in [5, 5.41) is 13.0. The number of carboxylic acid groups (broad SMARTS) is 1. The van der Waals surface area contributed by atoms with Gasteiger partial charge in [-0.25, -0.2) is 9.78 Å². The van der Waals surface area contributed by atoms with Crippen LogP contribution in [-0.4, -0.2) is 43.4 Å². The molecular weight excluding hydrogens is 570 g/mol. The van der Waals surface area contributed by atoms with Gasteiger partial charge in [0.1, 0.15) is 5.82 Å². The van der Waals surface area contributed by atoms with Crippen LogP contribution in [0.25, 0.3) is 22.2 Å². The van der Waals surface area contributed by atoms with E-state index in [1.165, 1.54) is 11.8 Å². The number of aromatic carboxylic acids is 1. The molecule has 0 aliphatic rings. The van der Waals surface area contributed by atoms with Gasteiger partial charge >= 0.3 is 5.97 Å². The first-order valence-corrected chi connectivity index (χ1v) is 16.5. The average Bonchev–Trinajstić information content (AvgIpc) is 3.33.